The second-order valence-corrected chi connectivity index (χ2v) is 20.5. The predicted octanol–water partition coefficient (Wildman–Crippen LogP) is 6.49. The summed E-state index contributed by atoms with van der Waals surface area (Å²) in [4.78, 5) is 36.6. The second-order valence-electron chi connectivity index (χ2n) is 19.1. The van der Waals surface area contributed by atoms with Gasteiger partial charge in [0, 0.05) is 12.8 Å². The van der Waals surface area contributed by atoms with Crippen LogP contribution in [0.3, 0.4) is 0 Å². The smallest absolute Gasteiger partial charge is 0.462 e. The van der Waals surface area contributed by atoms with Gasteiger partial charge in [-0.25, -0.2) is 4.57 Å². The zero-order valence-electron chi connectivity index (χ0n) is 41.9. The Kier molecular flexibility index (Phi) is 35.0. The molecule has 6 unspecified atom stereocenters. The van der Waals surface area contributed by atoms with Crippen molar-refractivity contribution in [2.45, 2.75) is 273 Å². The number of aliphatic hydroxyl groups excluding tert-OH is 8. The number of esters is 2. The second kappa shape index (κ2) is 38.0. The number of aliphatic hydroxyl groups is 8. The molecule has 1 saturated carbocycles. The third kappa shape index (κ3) is 26.8. The van der Waals surface area contributed by atoms with E-state index in [0.29, 0.717) is 12.8 Å². The van der Waals surface area contributed by atoms with E-state index in [-0.39, 0.29) is 12.8 Å². The van der Waals surface area contributed by atoms with Gasteiger partial charge in [-0.3, -0.25) is 18.6 Å². The fourth-order valence-electron chi connectivity index (χ4n) is 8.58. The number of unbranched alkanes of at least 4 members (excludes halogenated alkanes) is 24. The Balaban J connectivity index is 1.93. The van der Waals surface area contributed by atoms with E-state index in [4.69, 9.17) is 28.0 Å². The monoisotopic (exact) mass is 1010 g/mol. The zero-order chi connectivity index (χ0) is 50.9. The fraction of sp³-hybridized carbons (Fsp3) is 0.920. The molecule has 0 radical (unpaired) electrons. The Hall–Kier alpha value is -1.61. The molecular weight excluding hydrogens is 920 g/mol. The Bertz CT molecular complexity index is 1390. The number of allylic oxidation sites excluding steroid dienone is 2. The number of hydrogen-bond donors (Lipinski definition) is 9. The first kappa shape index (κ1) is 63.5. The van der Waals surface area contributed by atoms with Crippen LogP contribution >= 0.6 is 7.82 Å². The summed E-state index contributed by atoms with van der Waals surface area (Å²) in [6.45, 7) is 2.23. The van der Waals surface area contributed by atoms with E-state index in [1.54, 1.807) is 0 Å². The van der Waals surface area contributed by atoms with Crippen molar-refractivity contribution in [3.8, 4) is 0 Å². The van der Waals surface area contributed by atoms with Crippen LogP contribution in [0, 0.1) is 0 Å². The maximum Gasteiger partial charge on any atom is 0.472 e. The molecular formula is C50H93O18P. The van der Waals surface area contributed by atoms with Crippen LogP contribution in [0.1, 0.15) is 200 Å². The minimum atomic E-state index is -5.37. The van der Waals surface area contributed by atoms with Gasteiger partial charge < -0.3 is 64.7 Å². The molecule has 1 heterocycles. The van der Waals surface area contributed by atoms with E-state index in [1.165, 1.54) is 96.3 Å². The van der Waals surface area contributed by atoms with Crippen molar-refractivity contribution in [3.63, 3.8) is 0 Å². The minimum absolute atomic E-state index is 0.0355. The van der Waals surface area contributed by atoms with Gasteiger partial charge in [-0.2, -0.15) is 0 Å². The van der Waals surface area contributed by atoms with Gasteiger partial charge >= 0.3 is 19.8 Å². The molecule has 19 heteroatoms. The van der Waals surface area contributed by atoms with Crippen LogP contribution in [-0.4, -0.2) is 151 Å². The molecule has 0 bridgehead atoms. The first-order valence-corrected chi connectivity index (χ1v) is 28.0. The maximum absolute atomic E-state index is 13.4. The van der Waals surface area contributed by atoms with Crippen LogP contribution in [-0.2, 0) is 42.1 Å². The summed E-state index contributed by atoms with van der Waals surface area (Å²) in [5.41, 5.74) is 0. The van der Waals surface area contributed by atoms with E-state index in [0.717, 1.165) is 64.2 Å². The van der Waals surface area contributed by atoms with Gasteiger partial charge in [-0.1, -0.05) is 161 Å². The summed E-state index contributed by atoms with van der Waals surface area (Å²) in [6.07, 6.45) is 11.5. The third-order valence-electron chi connectivity index (χ3n) is 13.0. The number of ether oxygens (including phenoxy) is 4. The first-order chi connectivity index (χ1) is 33.2. The molecule has 1 saturated heterocycles. The molecule has 13 atom stereocenters. The molecule has 2 fully saturated rings. The lowest BCUT2D eigenvalue weighted by Crippen LogP contribution is -2.67. The van der Waals surface area contributed by atoms with Crippen molar-refractivity contribution in [1.29, 1.82) is 0 Å². The van der Waals surface area contributed by atoms with Crippen LogP contribution in [0.4, 0.5) is 0 Å². The van der Waals surface area contributed by atoms with Gasteiger partial charge in [0.05, 0.1) is 13.2 Å². The quantitative estimate of drug-likeness (QED) is 0.0137. The average Bonchev–Trinajstić information content (AvgIpc) is 3.33. The summed E-state index contributed by atoms with van der Waals surface area (Å²) in [6, 6.07) is 0. The number of hydrogen-bond acceptors (Lipinski definition) is 17. The van der Waals surface area contributed by atoms with E-state index in [9.17, 15) is 59.9 Å². The molecule has 2 aliphatic rings. The Morgan fingerprint density at radius 2 is 0.957 bits per heavy atom. The SMILES string of the molecule is CCCCCCCCC/C=C\CCCCCCCC(=O)OC[C@H](COP(=O)(O)O[C@@H]1C(O)C(O)[C@@H](O)C(O)[C@H]1O[C@H]1OC(CO)[C@@H](O)C(O)[C@H]1O)OC(=O)CCCCCCCCCCCCCCC. The molecule has 2 rings (SSSR count). The van der Waals surface area contributed by atoms with Crippen LogP contribution < -0.4 is 0 Å². The minimum Gasteiger partial charge on any atom is -0.462 e. The van der Waals surface area contributed by atoms with Crippen molar-refractivity contribution >= 4 is 19.8 Å². The van der Waals surface area contributed by atoms with Gasteiger partial charge in [0.2, 0.25) is 0 Å². The predicted molar refractivity (Wildman–Crippen MR) is 259 cm³/mol. The molecule has 1 aliphatic heterocycles. The summed E-state index contributed by atoms with van der Waals surface area (Å²) in [7, 11) is -5.37. The third-order valence-corrected chi connectivity index (χ3v) is 14.0. The standard InChI is InChI=1S/C50H93O18P/c1-3-5-7-9-11-13-15-17-18-19-21-22-24-26-28-30-32-39(52)63-35-37(65-40(53)33-31-29-27-25-23-20-16-14-12-10-8-6-4-2)36-64-69(61,62)68-49-46(59)44(57)43(56)45(58)48(49)67-50-47(60)42(55)41(54)38(34-51)66-50/h18-19,37-38,41-51,54-60H,3-17,20-36H2,1-2H3,(H,61,62)/b19-18-/t37-,38?,41-,42?,43-,44?,45?,46?,47-,48-,49-,50-/m1/s1. The Morgan fingerprint density at radius 3 is 1.43 bits per heavy atom. The molecule has 0 amide bonds. The summed E-state index contributed by atoms with van der Waals surface area (Å²) in [5, 5.41) is 83.0. The number of carbonyl (C=O) groups excluding carboxylic acids is 2. The molecule has 1 aliphatic carbocycles. The lowest BCUT2D eigenvalue weighted by molar-refractivity contribution is -0.338. The number of carbonyl (C=O) groups is 2. The van der Waals surface area contributed by atoms with Crippen molar-refractivity contribution in [1.82, 2.24) is 0 Å². The zero-order valence-corrected chi connectivity index (χ0v) is 42.8. The lowest BCUT2D eigenvalue weighted by atomic mass is 9.84. The van der Waals surface area contributed by atoms with E-state index >= 15 is 0 Å². The fourth-order valence-corrected chi connectivity index (χ4v) is 9.55. The molecule has 0 aromatic heterocycles. The van der Waals surface area contributed by atoms with Crippen LogP contribution in [0.15, 0.2) is 12.2 Å². The van der Waals surface area contributed by atoms with Crippen molar-refractivity contribution in [2.24, 2.45) is 0 Å². The normalized spacial score (nSPS) is 27.6. The topological polar surface area (TPSA) is 289 Å². The molecule has 18 nitrogen and oxygen atoms in total. The highest BCUT2D eigenvalue weighted by Gasteiger charge is 2.55. The van der Waals surface area contributed by atoms with E-state index < -0.39 is 113 Å². The first-order valence-electron chi connectivity index (χ1n) is 26.5. The summed E-state index contributed by atoms with van der Waals surface area (Å²) in [5.74, 6) is -1.22. The van der Waals surface area contributed by atoms with Crippen LogP contribution in [0.5, 0.6) is 0 Å². The van der Waals surface area contributed by atoms with E-state index in [2.05, 4.69) is 26.0 Å². The molecule has 9 N–H and O–H groups in total. The van der Waals surface area contributed by atoms with Crippen LogP contribution in [0.2, 0.25) is 0 Å². The van der Waals surface area contributed by atoms with Gasteiger partial charge in [0.25, 0.3) is 0 Å². The van der Waals surface area contributed by atoms with Gasteiger partial charge in [-0.05, 0) is 38.5 Å². The lowest BCUT2D eigenvalue weighted by Gasteiger charge is -2.47. The van der Waals surface area contributed by atoms with Crippen LogP contribution in [0.25, 0.3) is 0 Å². The van der Waals surface area contributed by atoms with Crippen molar-refractivity contribution in [3.05, 3.63) is 12.2 Å². The van der Waals surface area contributed by atoms with Gasteiger partial charge in [-0.15, -0.1) is 0 Å². The molecule has 0 spiro atoms. The van der Waals surface area contributed by atoms with E-state index in [1.807, 2.05) is 0 Å². The number of phosphoric acid groups is 1. The Morgan fingerprint density at radius 1 is 0.536 bits per heavy atom. The summed E-state index contributed by atoms with van der Waals surface area (Å²) >= 11 is 0. The highest BCUT2D eigenvalue weighted by Crippen LogP contribution is 2.48. The number of rotatable bonds is 41. The highest BCUT2D eigenvalue weighted by molar-refractivity contribution is 7.47. The van der Waals surface area contributed by atoms with Gasteiger partial charge in [0.1, 0.15) is 67.6 Å². The molecule has 69 heavy (non-hydrogen) atoms. The maximum atomic E-state index is 13.4. The van der Waals surface area contributed by atoms with Crippen molar-refractivity contribution < 1.29 is 87.9 Å². The largest absolute Gasteiger partial charge is 0.472 e. The summed E-state index contributed by atoms with van der Waals surface area (Å²) < 4.78 is 45.5. The molecule has 0 aromatic rings. The van der Waals surface area contributed by atoms with Crippen molar-refractivity contribution in [2.75, 3.05) is 19.8 Å². The number of phosphoric ester groups is 1. The molecule has 406 valence electrons. The average molecular weight is 1010 g/mol. The Labute approximate surface area is 412 Å². The highest BCUT2D eigenvalue weighted by atomic mass is 31.2. The molecule has 0 aromatic carbocycles. The van der Waals surface area contributed by atoms with Gasteiger partial charge in [0.15, 0.2) is 12.4 Å².